The Morgan fingerprint density at radius 2 is 1.83 bits per heavy atom. The third kappa shape index (κ3) is 2.34. The highest BCUT2D eigenvalue weighted by Gasteiger charge is 2.21. The molecule has 1 aromatic heterocycles. The van der Waals surface area contributed by atoms with Crippen molar-refractivity contribution in [3.05, 3.63) is 17.1 Å². The molecule has 0 saturated carbocycles. The average Bonchev–Trinajstić information content (AvgIpc) is 2.66. The molecule has 1 saturated heterocycles. The first-order valence-electron chi connectivity index (χ1n) is 7.16. The molecule has 1 N–H and O–H groups in total. The Labute approximate surface area is 109 Å². The van der Waals surface area contributed by atoms with E-state index < -0.39 is 0 Å². The fourth-order valence-corrected chi connectivity index (χ4v) is 2.99. The molecule has 1 aromatic rings. The molecule has 4 nitrogen and oxygen atoms in total. The minimum absolute atomic E-state index is 0.926. The number of hydrogen-bond donors (Lipinski definition) is 1. The first kappa shape index (κ1) is 11.9. The van der Waals surface area contributed by atoms with E-state index in [1.165, 1.54) is 42.8 Å². The molecule has 1 fully saturated rings. The summed E-state index contributed by atoms with van der Waals surface area (Å²) < 4.78 is 0. The number of aromatic nitrogens is 2. The summed E-state index contributed by atoms with van der Waals surface area (Å²) in [7, 11) is 0. The third-order valence-corrected chi connectivity index (χ3v) is 3.93. The van der Waals surface area contributed by atoms with Gasteiger partial charge in [0.15, 0.2) is 0 Å². The number of hydrogen-bond acceptors (Lipinski definition) is 4. The summed E-state index contributed by atoms with van der Waals surface area (Å²) in [6.45, 7) is 6.31. The second kappa shape index (κ2) is 5.22. The van der Waals surface area contributed by atoms with Crippen molar-refractivity contribution >= 4 is 5.82 Å². The predicted octanol–water partition coefficient (Wildman–Crippen LogP) is 1.81. The Hall–Kier alpha value is -1.16. The van der Waals surface area contributed by atoms with Crippen LogP contribution in [0, 0.1) is 6.92 Å². The molecule has 98 valence electrons. The maximum absolute atomic E-state index is 4.73. The second-order valence-corrected chi connectivity index (χ2v) is 5.35. The van der Waals surface area contributed by atoms with Crippen molar-refractivity contribution < 1.29 is 0 Å². The lowest BCUT2D eigenvalue weighted by Gasteiger charge is -2.27. The van der Waals surface area contributed by atoms with E-state index in [-0.39, 0.29) is 0 Å². The van der Waals surface area contributed by atoms with Crippen LogP contribution in [-0.4, -0.2) is 29.6 Å². The highest BCUT2D eigenvalue weighted by Crippen LogP contribution is 2.25. The summed E-state index contributed by atoms with van der Waals surface area (Å²) in [5, 5.41) is 3.45. The number of nitrogens with one attached hydrogen (secondary N) is 1. The molecular formula is C14H22N4. The first-order chi connectivity index (χ1) is 8.84. The van der Waals surface area contributed by atoms with Crippen LogP contribution in [0.5, 0.6) is 0 Å². The van der Waals surface area contributed by atoms with Crippen LogP contribution in [0.4, 0.5) is 5.82 Å². The summed E-state index contributed by atoms with van der Waals surface area (Å²) in [4.78, 5) is 11.8. The molecule has 0 atom stereocenters. The van der Waals surface area contributed by atoms with Crippen LogP contribution in [0.15, 0.2) is 0 Å². The van der Waals surface area contributed by atoms with Crippen molar-refractivity contribution in [2.75, 3.05) is 24.5 Å². The summed E-state index contributed by atoms with van der Waals surface area (Å²) in [6, 6.07) is 0. The van der Waals surface area contributed by atoms with E-state index in [1.807, 2.05) is 6.92 Å². The third-order valence-electron chi connectivity index (χ3n) is 3.93. The molecule has 2 aliphatic rings. The van der Waals surface area contributed by atoms with E-state index in [2.05, 4.69) is 15.2 Å². The molecule has 18 heavy (non-hydrogen) atoms. The number of nitrogens with zero attached hydrogens (tertiary/aromatic N) is 3. The smallest absolute Gasteiger partial charge is 0.137 e. The van der Waals surface area contributed by atoms with Crippen LogP contribution in [-0.2, 0) is 13.0 Å². The minimum Gasteiger partial charge on any atom is -0.356 e. The fourth-order valence-electron chi connectivity index (χ4n) is 2.99. The Morgan fingerprint density at radius 3 is 2.61 bits per heavy atom. The largest absolute Gasteiger partial charge is 0.356 e. The molecule has 0 aliphatic carbocycles. The molecule has 0 radical (unpaired) electrons. The van der Waals surface area contributed by atoms with E-state index in [1.54, 1.807) is 0 Å². The average molecular weight is 246 g/mol. The van der Waals surface area contributed by atoms with Gasteiger partial charge in [-0.15, -0.1) is 0 Å². The standard InChI is InChI=1S/C14H22N4/c1-11-16-13-6-7-15-10-12(13)14(17-11)18-8-4-2-3-5-9-18/h15H,2-10H2,1H3. The predicted molar refractivity (Wildman–Crippen MR) is 72.9 cm³/mol. The van der Waals surface area contributed by atoms with Gasteiger partial charge in [-0.05, 0) is 19.8 Å². The Balaban J connectivity index is 1.96. The lowest BCUT2D eigenvalue weighted by Crippen LogP contribution is -2.32. The SMILES string of the molecule is Cc1nc2c(c(N3CCCCCC3)n1)CNCC2. The maximum atomic E-state index is 4.73. The molecule has 0 spiro atoms. The van der Waals surface area contributed by atoms with E-state index in [4.69, 9.17) is 4.98 Å². The molecule has 3 rings (SSSR count). The van der Waals surface area contributed by atoms with Crippen molar-refractivity contribution in [2.45, 2.75) is 45.6 Å². The first-order valence-corrected chi connectivity index (χ1v) is 7.16. The Morgan fingerprint density at radius 1 is 1.06 bits per heavy atom. The normalized spacial score (nSPS) is 20.4. The van der Waals surface area contributed by atoms with Gasteiger partial charge in [-0.2, -0.15) is 0 Å². The van der Waals surface area contributed by atoms with Crippen molar-refractivity contribution in [1.29, 1.82) is 0 Å². The molecule has 0 aromatic carbocycles. The van der Waals surface area contributed by atoms with E-state index in [9.17, 15) is 0 Å². The lowest BCUT2D eigenvalue weighted by molar-refractivity contribution is 0.616. The van der Waals surface area contributed by atoms with Crippen LogP contribution in [0.1, 0.15) is 42.8 Å². The van der Waals surface area contributed by atoms with E-state index in [0.29, 0.717) is 0 Å². The Bertz CT molecular complexity index is 422. The zero-order valence-corrected chi connectivity index (χ0v) is 11.2. The molecule has 3 heterocycles. The van der Waals surface area contributed by atoms with E-state index in [0.717, 1.165) is 38.4 Å². The number of fused-ring (bicyclic) bond motifs is 1. The number of anilines is 1. The van der Waals surface area contributed by atoms with Gasteiger partial charge in [0.2, 0.25) is 0 Å². The van der Waals surface area contributed by atoms with Gasteiger partial charge in [0, 0.05) is 38.2 Å². The van der Waals surface area contributed by atoms with Gasteiger partial charge < -0.3 is 10.2 Å². The molecule has 2 aliphatic heterocycles. The number of rotatable bonds is 1. The molecular weight excluding hydrogens is 224 g/mol. The topological polar surface area (TPSA) is 41.1 Å². The maximum Gasteiger partial charge on any atom is 0.137 e. The van der Waals surface area contributed by atoms with E-state index >= 15 is 0 Å². The van der Waals surface area contributed by atoms with Gasteiger partial charge in [0.1, 0.15) is 11.6 Å². The van der Waals surface area contributed by atoms with Crippen molar-refractivity contribution in [3.8, 4) is 0 Å². The van der Waals surface area contributed by atoms with Gasteiger partial charge in [-0.25, -0.2) is 9.97 Å². The lowest BCUT2D eigenvalue weighted by atomic mass is 10.1. The van der Waals surface area contributed by atoms with Crippen LogP contribution >= 0.6 is 0 Å². The van der Waals surface area contributed by atoms with Crippen molar-refractivity contribution in [3.63, 3.8) is 0 Å². The summed E-state index contributed by atoms with van der Waals surface area (Å²) in [6.07, 6.45) is 6.36. The van der Waals surface area contributed by atoms with Gasteiger partial charge in [-0.3, -0.25) is 0 Å². The van der Waals surface area contributed by atoms with Crippen molar-refractivity contribution in [2.24, 2.45) is 0 Å². The summed E-state index contributed by atoms with van der Waals surface area (Å²) in [5.41, 5.74) is 2.61. The van der Waals surface area contributed by atoms with Gasteiger partial charge in [0.25, 0.3) is 0 Å². The second-order valence-electron chi connectivity index (χ2n) is 5.35. The van der Waals surface area contributed by atoms with Gasteiger partial charge >= 0.3 is 0 Å². The molecule has 0 unspecified atom stereocenters. The highest BCUT2D eigenvalue weighted by molar-refractivity contribution is 5.50. The fraction of sp³-hybridized carbons (Fsp3) is 0.714. The van der Waals surface area contributed by atoms with Gasteiger partial charge in [-0.1, -0.05) is 12.8 Å². The zero-order chi connectivity index (χ0) is 12.4. The van der Waals surface area contributed by atoms with Crippen molar-refractivity contribution in [1.82, 2.24) is 15.3 Å². The molecule has 0 amide bonds. The monoisotopic (exact) mass is 246 g/mol. The summed E-state index contributed by atoms with van der Waals surface area (Å²) in [5.74, 6) is 2.13. The van der Waals surface area contributed by atoms with Crippen LogP contribution in [0.25, 0.3) is 0 Å². The highest BCUT2D eigenvalue weighted by atomic mass is 15.2. The van der Waals surface area contributed by atoms with Crippen LogP contribution in [0.3, 0.4) is 0 Å². The zero-order valence-electron chi connectivity index (χ0n) is 11.2. The van der Waals surface area contributed by atoms with Crippen LogP contribution < -0.4 is 10.2 Å². The summed E-state index contributed by atoms with van der Waals surface area (Å²) >= 11 is 0. The molecule has 4 heteroatoms. The Kier molecular flexibility index (Phi) is 3.46. The minimum atomic E-state index is 0.926. The quantitative estimate of drug-likeness (QED) is 0.820. The number of aryl methyl sites for hydroxylation is 1. The van der Waals surface area contributed by atoms with Crippen LogP contribution in [0.2, 0.25) is 0 Å². The molecule has 0 bridgehead atoms. The van der Waals surface area contributed by atoms with Gasteiger partial charge in [0.05, 0.1) is 5.69 Å².